The van der Waals surface area contributed by atoms with Gasteiger partial charge >= 0.3 is 12.3 Å². The molecule has 0 saturated heterocycles. The van der Waals surface area contributed by atoms with Crippen molar-refractivity contribution in [2.45, 2.75) is 42.6 Å². The molecular formula is C22H25F3N4O3S2. The molecule has 1 aromatic rings. The van der Waals surface area contributed by atoms with Gasteiger partial charge in [-0.05, 0) is 32.4 Å². The lowest BCUT2D eigenvalue weighted by Crippen LogP contribution is -2.26. The summed E-state index contributed by atoms with van der Waals surface area (Å²) in [4.78, 5) is 24.3. The van der Waals surface area contributed by atoms with Crippen LogP contribution in [-0.4, -0.2) is 46.1 Å². The van der Waals surface area contributed by atoms with Gasteiger partial charge in [-0.1, -0.05) is 30.5 Å². The molecule has 1 atom stereocenters. The van der Waals surface area contributed by atoms with Crippen LogP contribution in [0, 0.1) is 5.92 Å². The monoisotopic (exact) mass is 514 g/mol. The fourth-order valence-electron chi connectivity index (χ4n) is 2.48. The van der Waals surface area contributed by atoms with Crippen molar-refractivity contribution in [1.82, 2.24) is 10.3 Å². The van der Waals surface area contributed by atoms with Crippen LogP contribution in [0.15, 0.2) is 67.9 Å². The molecule has 0 aliphatic carbocycles. The molecule has 0 bridgehead atoms. The number of carboxylic acid groups (broad SMARTS) is 1. The van der Waals surface area contributed by atoms with Crippen molar-refractivity contribution < 1.29 is 27.8 Å². The standard InChI is InChI=1S/C22H25F3N4O3S2/c1-5-15(7-6-14(2)32-22(23,24)25)16-10-26-12-18(28-11-16)27-9-8-17-13-33-20(29-17)34-21(3,4)19(30)31/h5-7,10-13,16,27H,1,8-9H2,2-4H3,(H,30,31)/b14-6+,15-7+. The van der Waals surface area contributed by atoms with Gasteiger partial charge < -0.3 is 15.2 Å². The summed E-state index contributed by atoms with van der Waals surface area (Å²) in [5, 5.41) is 14.3. The highest BCUT2D eigenvalue weighted by Crippen LogP contribution is 2.34. The Morgan fingerprint density at radius 1 is 1.35 bits per heavy atom. The van der Waals surface area contributed by atoms with E-state index in [0.717, 1.165) is 5.69 Å². The van der Waals surface area contributed by atoms with E-state index in [0.29, 0.717) is 28.7 Å². The Hall–Kier alpha value is -2.86. The van der Waals surface area contributed by atoms with Gasteiger partial charge in [0.05, 0.1) is 17.8 Å². The fraction of sp³-hybridized carbons (Fsp3) is 0.364. The number of aliphatic imine (C=N–C) groups is 2. The number of carbonyl (C=O) groups is 1. The zero-order chi connectivity index (χ0) is 25.4. The number of nitrogens with zero attached hydrogens (tertiary/aromatic N) is 3. The summed E-state index contributed by atoms with van der Waals surface area (Å²) in [6.07, 6.45) is 4.82. The number of hydrogen-bond donors (Lipinski definition) is 2. The second kappa shape index (κ2) is 12.0. The second-order valence-corrected chi connectivity index (χ2v) is 10.2. The van der Waals surface area contributed by atoms with Gasteiger partial charge in [-0.15, -0.1) is 24.5 Å². The highest BCUT2D eigenvalue weighted by molar-refractivity contribution is 8.02. The summed E-state index contributed by atoms with van der Waals surface area (Å²) >= 11 is 2.60. The molecule has 0 spiro atoms. The van der Waals surface area contributed by atoms with Crippen molar-refractivity contribution >= 4 is 41.5 Å². The first-order chi connectivity index (χ1) is 15.9. The fourth-order valence-corrected chi connectivity index (χ4v) is 4.70. The van der Waals surface area contributed by atoms with E-state index in [9.17, 15) is 23.1 Å². The van der Waals surface area contributed by atoms with Crippen LogP contribution in [0.5, 0.6) is 0 Å². The molecule has 2 rings (SSSR count). The van der Waals surface area contributed by atoms with E-state index < -0.39 is 17.1 Å². The van der Waals surface area contributed by atoms with Crippen molar-refractivity contribution in [3.8, 4) is 0 Å². The number of allylic oxidation sites excluding steroid dienone is 5. The first-order valence-electron chi connectivity index (χ1n) is 10.0. The van der Waals surface area contributed by atoms with Crippen molar-refractivity contribution in [3.63, 3.8) is 0 Å². The number of aliphatic carboxylic acids is 1. The van der Waals surface area contributed by atoms with E-state index in [-0.39, 0.29) is 11.7 Å². The zero-order valence-corrected chi connectivity index (χ0v) is 20.4. The predicted octanol–water partition coefficient (Wildman–Crippen LogP) is 5.35. The van der Waals surface area contributed by atoms with Gasteiger partial charge in [0.15, 0.2) is 4.34 Å². The van der Waals surface area contributed by atoms with Gasteiger partial charge in [-0.2, -0.15) is 0 Å². The largest absolute Gasteiger partial charge is 0.572 e. The third-order valence-electron chi connectivity index (χ3n) is 4.30. The zero-order valence-electron chi connectivity index (χ0n) is 18.8. The predicted molar refractivity (Wildman–Crippen MR) is 129 cm³/mol. The van der Waals surface area contributed by atoms with Crippen molar-refractivity contribution in [3.05, 3.63) is 59.2 Å². The summed E-state index contributed by atoms with van der Waals surface area (Å²) in [7, 11) is 0. The van der Waals surface area contributed by atoms with Gasteiger partial charge in [0, 0.05) is 30.8 Å². The van der Waals surface area contributed by atoms with E-state index in [1.165, 1.54) is 48.3 Å². The van der Waals surface area contributed by atoms with Crippen LogP contribution in [0.3, 0.4) is 0 Å². The number of aromatic nitrogens is 1. The minimum atomic E-state index is -4.74. The maximum Gasteiger partial charge on any atom is 0.572 e. The third kappa shape index (κ3) is 9.18. The minimum Gasteiger partial charge on any atom is -0.480 e. The number of halogens is 3. The molecule has 0 amide bonds. The van der Waals surface area contributed by atoms with E-state index in [1.807, 2.05) is 5.38 Å². The molecule has 12 heteroatoms. The Morgan fingerprint density at radius 2 is 2.09 bits per heavy atom. The van der Waals surface area contributed by atoms with Crippen LogP contribution in [-0.2, 0) is 16.0 Å². The van der Waals surface area contributed by atoms with Crippen molar-refractivity contribution in [2.75, 3.05) is 6.54 Å². The number of nitrogens with one attached hydrogen (secondary N) is 1. The van der Waals surface area contributed by atoms with Crippen LogP contribution < -0.4 is 5.32 Å². The van der Waals surface area contributed by atoms with E-state index >= 15 is 0 Å². The molecule has 2 N–H and O–H groups in total. The van der Waals surface area contributed by atoms with Gasteiger partial charge in [0.25, 0.3) is 0 Å². The van der Waals surface area contributed by atoms with Crippen LogP contribution in [0.25, 0.3) is 0 Å². The van der Waals surface area contributed by atoms with Gasteiger partial charge in [-0.25, -0.2) is 9.98 Å². The summed E-state index contributed by atoms with van der Waals surface area (Å²) < 4.78 is 40.4. The normalized spacial score (nSPS) is 17.2. The Kier molecular flexibility index (Phi) is 9.68. The highest BCUT2D eigenvalue weighted by atomic mass is 32.2. The molecule has 0 radical (unpaired) electrons. The molecule has 1 aliphatic rings. The van der Waals surface area contributed by atoms with E-state index in [2.05, 4.69) is 31.6 Å². The Balaban J connectivity index is 1.91. The van der Waals surface area contributed by atoms with Crippen LogP contribution >= 0.6 is 23.1 Å². The highest BCUT2D eigenvalue weighted by Gasteiger charge is 2.31. The lowest BCUT2D eigenvalue weighted by molar-refractivity contribution is -0.305. The quantitative estimate of drug-likeness (QED) is 0.235. The number of hydrogen-bond acceptors (Lipinski definition) is 8. The number of ether oxygens (including phenoxy) is 1. The average Bonchev–Trinajstić information content (AvgIpc) is 3.02. The number of alkyl halides is 3. The number of thiazole rings is 1. The second-order valence-electron chi connectivity index (χ2n) is 7.51. The van der Waals surface area contributed by atoms with E-state index in [1.54, 1.807) is 32.5 Å². The van der Waals surface area contributed by atoms with Gasteiger partial charge in [-0.3, -0.25) is 9.79 Å². The Morgan fingerprint density at radius 3 is 2.74 bits per heavy atom. The Labute approximate surface area is 203 Å². The number of carboxylic acids is 1. The summed E-state index contributed by atoms with van der Waals surface area (Å²) in [6, 6.07) is 0. The molecule has 0 fully saturated rings. The molecule has 7 nitrogen and oxygen atoms in total. The lowest BCUT2D eigenvalue weighted by atomic mass is 10.0. The molecule has 2 heterocycles. The van der Waals surface area contributed by atoms with Crippen molar-refractivity contribution in [2.24, 2.45) is 15.9 Å². The number of thioether (sulfide) groups is 1. The van der Waals surface area contributed by atoms with E-state index in [4.69, 9.17) is 0 Å². The molecule has 0 aromatic carbocycles. The van der Waals surface area contributed by atoms with Crippen LogP contribution in [0.2, 0.25) is 0 Å². The summed E-state index contributed by atoms with van der Waals surface area (Å²) in [5.74, 6) is -1.06. The van der Waals surface area contributed by atoms with Gasteiger partial charge in [0.1, 0.15) is 16.3 Å². The first kappa shape index (κ1) is 27.4. The van der Waals surface area contributed by atoms with Crippen LogP contribution in [0.4, 0.5) is 13.2 Å². The SMILES string of the molecule is C=C/C(=C\C=C(/C)OC(F)(F)F)C1C=NC=C(NCCc2csc(SC(C)(C)C(=O)O)n2)N=C1. The molecule has 1 aromatic heterocycles. The Bertz CT molecular complexity index is 1040. The maximum atomic E-state index is 12.3. The summed E-state index contributed by atoms with van der Waals surface area (Å²) in [6.45, 7) is 8.70. The maximum absolute atomic E-state index is 12.3. The molecule has 1 aliphatic heterocycles. The van der Waals surface area contributed by atoms with Crippen molar-refractivity contribution in [1.29, 1.82) is 0 Å². The molecule has 184 valence electrons. The number of rotatable bonds is 11. The third-order valence-corrected chi connectivity index (χ3v) is 6.47. The first-order valence-corrected chi connectivity index (χ1v) is 11.7. The average molecular weight is 515 g/mol. The molecule has 34 heavy (non-hydrogen) atoms. The molecule has 0 saturated carbocycles. The minimum absolute atomic E-state index is 0.301. The van der Waals surface area contributed by atoms with Gasteiger partial charge in [0.2, 0.25) is 0 Å². The topological polar surface area (TPSA) is 96.2 Å². The molecule has 1 unspecified atom stereocenters. The smallest absolute Gasteiger partial charge is 0.480 e. The summed E-state index contributed by atoms with van der Waals surface area (Å²) in [5.41, 5.74) is 1.44. The molecular weight excluding hydrogens is 489 g/mol. The van der Waals surface area contributed by atoms with Crippen LogP contribution in [0.1, 0.15) is 26.5 Å². The lowest BCUT2D eigenvalue weighted by Gasteiger charge is -2.15.